The third-order valence-corrected chi connectivity index (χ3v) is 3.51. The lowest BCUT2D eigenvalue weighted by molar-refractivity contribution is -0.116. The summed E-state index contributed by atoms with van der Waals surface area (Å²) in [6, 6.07) is 18.1. The van der Waals surface area contributed by atoms with Crippen molar-refractivity contribution in [1.82, 2.24) is 14.9 Å². The molecule has 1 heterocycles. The van der Waals surface area contributed by atoms with Gasteiger partial charge >= 0.3 is 0 Å². The smallest absolute Gasteiger partial charge is 0.243 e. The highest BCUT2D eigenvalue weighted by Crippen LogP contribution is 2.19. The summed E-state index contributed by atoms with van der Waals surface area (Å²) in [7, 11) is 0. The first-order chi connectivity index (χ1) is 10.7. The van der Waals surface area contributed by atoms with Crippen molar-refractivity contribution in [3.05, 3.63) is 71.3 Å². The summed E-state index contributed by atoms with van der Waals surface area (Å²) in [5.41, 5.74) is 5.88. The van der Waals surface area contributed by atoms with Gasteiger partial charge in [0.2, 0.25) is 10.7 Å². The number of aromatic nitrogens is 3. The van der Waals surface area contributed by atoms with Gasteiger partial charge in [-0.3, -0.25) is 15.3 Å². The van der Waals surface area contributed by atoms with Crippen LogP contribution >= 0.6 is 12.2 Å². The van der Waals surface area contributed by atoms with E-state index < -0.39 is 0 Å². The molecular weight excluding hydrogens is 296 g/mol. The van der Waals surface area contributed by atoms with Gasteiger partial charge in [0.25, 0.3) is 0 Å². The molecule has 1 amide bonds. The minimum atomic E-state index is -0.148. The molecular formula is C16H14N4OS. The van der Waals surface area contributed by atoms with Crippen LogP contribution in [0.25, 0.3) is 11.1 Å². The Labute approximate surface area is 132 Å². The lowest BCUT2D eigenvalue weighted by atomic mass is 10.0. The number of nitrogens with one attached hydrogen (secondary N) is 2. The fourth-order valence-corrected chi connectivity index (χ4v) is 2.28. The molecule has 0 radical (unpaired) electrons. The predicted molar refractivity (Wildman–Crippen MR) is 87.4 cm³/mol. The highest BCUT2D eigenvalue weighted by atomic mass is 32.1. The zero-order chi connectivity index (χ0) is 15.4. The molecule has 0 aliphatic heterocycles. The lowest BCUT2D eigenvalue weighted by Gasteiger charge is -2.06. The Morgan fingerprint density at radius 2 is 1.77 bits per heavy atom. The summed E-state index contributed by atoms with van der Waals surface area (Å²) in [5.74, 6) is -0.148. The van der Waals surface area contributed by atoms with Gasteiger partial charge in [0.1, 0.15) is 6.33 Å². The summed E-state index contributed by atoms with van der Waals surface area (Å²) in [4.78, 5) is 12.0. The van der Waals surface area contributed by atoms with Crippen LogP contribution in [0.2, 0.25) is 0 Å². The van der Waals surface area contributed by atoms with Gasteiger partial charge < -0.3 is 0 Å². The predicted octanol–water partition coefficient (Wildman–Crippen LogP) is 2.92. The van der Waals surface area contributed by atoms with Gasteiger partial charge in [-0.2, -0.15) is 5.10 Å². The highest BCUT2D eigenvalue weighted by Gasteiger charge is 2.05. The molecule has 0 spiro atoms. The van der Waals surface area contributed by atoms with E-state index in [4.69, 9.17) is 12.2 Å². The van der Waals surface area contributed by atoms with Gasteiger partial charge in [-0.1, -0.05) is 54.6 Å². The minimum Gasteiger partial charge on any atom is -0.273 e. The Morgan fingerprint density at radius 1 is 1.09 bits per heavy atom. The van der Waals surface area contributed by atoms with E-state index >= 15 is 0 Å². The Hall–Kier alpha value is -2.73. The van der Waals surface area contributed by atoms with Crippen LogP contribution in [0.1, 0.15) is 5.56 Å². The molecule has 3 aromatic rings. The fraction of sp³-hybridized carbons (Fsp3) is 0.0625. The summed E-state index contributed by atoms with van der Waals surface area (Å²) < 4.78 is 1.74. The van der Waals surface area contributed by atoms with Gasteiger partial charge in [0, 0.05) is 0 Å². The Balaban J connectivity index is 1.67. The maximum absolute atomic E-state index is 12.0. The Morgan fingerprint density at radius 3 is 2.41 bits per heavy atom. The summed E-state index contributed by atoms with van der Waals surface area (Å²) >= 11 is 4.97. The van der Waals surface area contributed by atoms with Gasteiger partial charge in [0.15, 0.2) is 0 Å². The van der Waals surface area contributed by atoms with Gasteiger partial charge in [0.05, 0.1) is 6.42 Å². The first-order valence-corrected chi connectivity index (χ1v) is 7.19. The lowest BCUT2D eigenvalue weighted by Crippen LogP contribution is -2.23. The van der Waals surface area contributed by atoms with Crippen LogP contribution < -0.4 is 5.43 Å². The van der Waals surface area contributed by atoms with Crippen molar-refractivity contribution in [1.29, 1.82) is 0 Å². The first kappa shape index (κ1) is 14.2. The molecule has 1 aromatic heterocycles. The molecule has 5 nitrogen and oxygen atoms in total. The van der Waals surface area contributed by atoms with Crippen molar-refractivity contribution < 1.29 is 4.79 Å². The molecule has 0 unspecified atom stereocenters. The second-order valence-corrected chi connectivity index (χ2v) is 5.19. The van der Waals surface area contributed by atoms with E-state index in [9.17, 15) is 4.79 Å². The van der Waals surface area contributed by atoms with Crippen molar-refractivity contribution in [2.75, 3.05) is 5.43 Å². The molecule has 0 fully saturated rings. The van der Waals surface area contributed by atoms with Crippen molar-refractivity contribution in [2.24, 2.45) is 0 Å². The molecule has 2 aromatic carbocycles. The van der Waals surface area contributed by atoms with Crippen molar-refractivity contribution in [2.45, 2.75) is 6.42 Å². The maximum atomic E-state index is 12.0. The number of aromatic amines is 1. The zero-order valence-electron chi connectivity index (χ0n) is 11.7. The summed E-state index contributed by atoms with van der Waals surface area (Å²) in [6.07, 6.45) is 1.71. The quantitative estimate of drug-likeness (QED) is 0.728. The molecule has 2 N–H and O–H groups in total. The van der Waals surface area contributed by atoms with Crippen molar-refractivity contribution in [3.63, 3.8) is 0 Å². The van der Waals surface area contributed by atoms with Crippen LogP contribution in [0.5, 0.6) is 0 Å². The third kappa shape index (κ3) is 3.29. The van der Waals surface area contributed by atoms with Crippen LogP contribution in [-0.2, 0) is 11.2 Å². The second kappa shape index (κ2) is 6.36. The summed E-state index contributed by atoms with van der Waals surface area (Å²) in [6.45, 7) is 0. The number of rotatable bonds is 4. The molecule has 0 saturated carbocycles. The van der Waals surface area contributed by atoms with Crippen LogP contribution in [0.15, 0.2) is 60.9 Å². The topological polar surface area (TPSA) is 62.7 Å². The van der Waals surface area contributed by atoms with Crippen LogP contribution in [0, 0.1) is 4.77 Å². The van der Waals surface area contributed by atoms with Crippen LogP contribution in [0.4, 0.5) is 0 Å². The number of nitrogens with zero attached hydrogens (tertiary/aromatic N) is 2. The standard InChI is InChI=1S/C16H14N4OS/c21-15(19-20-11-17-18-16(20)22)10-12-6-8-14(9-7-12)13-4-2-1-3-5-13/h1-9,11H,10H2,(H,18,22)(H,19,21). The molecule has 0 atom stereocenters. The van der Waals surface area contributed by atoms with Crippen molar-refractivity contribution >= 4 is 18.1 Å². The molecule has 0 saturated heterocycles. The van der Waals surface area contributed by atoms with Gasteiger partial charge in [-0.05, 0) is 28.9 Å². The Bertz CT molecular complexity index is 821. The molecule has 3 rings (SSSR count). The SMILES string of the molecule is O=C(Cc1ccc(-c2ccccc2)cc1)Nn1cn[nH]c1=S. The maximum Gasteiger partial charge on any atom is 0.243 e. The average Bonchev–Trinajstić information content (AvgIpc) is 2.94. The van der Waals surface area contributed by atoms with Crippen molar-refractivity contribution in [3.8, 4) is 11.1 Å². The van der Waals surface area contributed by atoms with E-state index in [1.807, 2.05) is 42.5 Å². The normalized spacial score (nSPS) is 10.4. The number of H-pyrrole nitrogens is 1. The molecule has 6 heteroatoms. The fourth-order valence-electron chi connectivity index (χ4n) is 2.13. The van der Waals surface area contributed by atoms with E-state index in [1.165, 1.54) is 11.0 Å². The van der Waals surface area contributed by atoms with E-state index in [-0.39, 0.29) is 12.3 Å². The van der Waals surface area contributed by atoms with E-state index in [2.05, 4.69) is 27.8 Å². The Kier molecular flexibility index (Phi) is 4.11. The minimum absolute atomic E-state index is 0.148. The van der Waals surface area contributed by atoms with Crippen LogP contribution in [0.3, 0.4) is 0 Å². The second-order valence-electron chi connectivity index (χ2n) is 4.81. The number of amides is 1. The molecule has 0 aliphatic rings. The largest absolute Gasteiger partial charge is 0.273 e. The number of benzene rings is 2. The van der Waals surface area contributed by atoms with E-state index in [1.54, 1.807) is 0 Å². The average molecular weight is 310 g/mol. The molecule has 0 bridgehead atoms. The summed E-state index contributed by atoms with van der Waals surface area (Å²) in [5, 5.41) is 6.32. The molecule has 22 heavy (non-hydrogen) atoms. The van der Waals surface area contributed by atoms with Gasteiger partial charge in [-0.15, -0.1) is 0 Å². The molecule has 110 valence electrons. The monoisotopic (exact) mass is 310 g/mol. The number of carbonyl (C=O) groups is 1. The third-order valence-electron chi connectivity index (χ3n) is 3.22. The van der Waals surface area contributed by atoms with E-state index in [0.717, 1.165) is 16.7 Å². The number of hydrogen-bond donors (Lipinski definition) is 2. The molecule has 0 aliphatic carbocycles. The van der Waals surface area contributed by atoms with Gasteiger partial charge in [-0.25, -0.2) is 4.68 Å². The number of carbonyl (C=O) groups excluding carboxylic acids is 1. The van der Waals surface area contributed by atoms with E-state index in [0.29, 0.717) is 4.77 Å². The number of hydrogen-bond acceptors (Lipinski definition) is 3. The van der Waals surface area contributed by atoms with Crippen LogP contribution in [-0.4, -0.2) is 20.8 Å². The zero-order valence-corrected chi connectivity index (χ0v) is 12.5. The first-order valence-electron chi connectivity index (χ1n) is 6.78. The highest BCUT2D eigenvalue weighted by molar-refractivity contribution is 7.71.